The van der Waals surface area contributed by atoms with Gasteiger partial charge in [0.2, 0.25) is 0 Å². The van der Waals surface area contributed by atoms with E-state index >= 15 is 0 Å². The number of hydrogen-bond acceptors (Lipinski definition) is 4. The molecule has 0 aliphatic carbocycles. The van der Waals surface area contributed by atoms with Crippen molar-refractivity contribution in [3.8, 4) is 11.5 Å². The van der Waals surface area contributed by atoms with E-state index in [1.54, 1.807) is 37.4 Å². The van der Waals surface area contributed by atoms with Crippen LogP contribution >= 0.6 is 0 Å². The fourth-order valence-corrected chi connectivity index (χ4v) is 2.60. The minimum atomic E-state index is -0.228. The lowest BCUT2D eigenvalue weighted by molar-refractivity contribution is 0.0951. The topological polar surface area (TPSA) is 50.8 Å². The highest BCUT2D eigenvalue weighted by Gasteiger charge is 2.13. The molecule has 0 heterocycles. The summed E-state index contributed by atoms with van der Waals surface area (Å²) in [6.45, 7) is 0.430. The lowest BCUT2D eigenvalue weighted by Gasteiger charge is -2.20. The molecule has 0 saturated carbocycles. The molecule has 0 atom stereocenters. The van der Waals surface area contributed by atoms with E-state index < -0.39 is 0 Å². The van der Waals surface area contributed by atoms with Gasteiger partial charge in [0, 0.05) is 12.6 Å². The summed E-state index contributed by atoms with van der Waals surface area (Å²) in [5.41, 5.74) is 5.28. The van der Waals surface area contributed by atoms with Crippen LogP contribution in [0, 0.1) is 0 Å². The van der Waals surface area contributed by atoms with Gasteiger partial charge < -0.3 is 9.47 Å². The number of rotatable bonds is 7. The first-order chi connectivity index (χ1) is 13.2. The number of anilines is 1. The van der Waals surface area contributed by atoms with Crippen LogP contribution in [0.15, 0.2) is 78.9 Å². The second-order valence-electron chi connectivity index (χ2n) is 5.98. The monoisotopic (exact) mass is 362 g/mol. The minimum Gasteiger partial charge on any atom is -0.493 e. The molecule has 27 heavy (non-hydrogen) atoms. The lowest BCUT2D eigenvalue weighted by atomic mass is 10.2. The third kappa shape index (κ3) is 4.79. The summed E-state index contributed by atoms with van der Waals surface area (Å²) >= 11 is 0. The van der Waals surface area contributed by atoms with Gasteiger partial charge >= 0.3 is 0 Å². The van der Waals surface area contributed by atoms with Gasteiger partial charge in [-0.2, -0.15) is 0 Å². The Bertz CT molecular complexity index is 883. The summed E-state index contributed by atoms with van der Waals surface area (Å²) in [5, 5.41) is 1.68. The molecule has 0 aliphatic heterocycles. The van der Waals surface area contributed by atoms with Crippen molar-refractivity contribution in [2.24, 2.45) is 0 Å². The second kappa shape index (κ2) is 8.76. The van der Waals surface area contributed by atoms with Gasteiger partial charge in [0.25, 0.3) is 5.91 Å². The number of methoxy groups -OCH3 is 1. The van der Waals surface area contributed by atoms with Crippen molar-refractivity contribution in [3.05, 3.63) is 90.0 Å². The highest BCUT2D eigenvalue weighted by Crippen LogP contribution is 2.29. The zero-order valence-electron chi connectivity index (χ0n) is 15.4. The molecule has 3 aromatic rings. The van der Waals surface area contributed by atoms with Gasteiger partial charge in [0.05, 0.1) is 12.8 Å². The molecule has 0 spiro atoms. The Balaban J connectivity index is 1.68. The van der Waals surface area contributed by atoms with Crippen molar-refractivity contribution >= 4 is 11.6 Å². The van der Waals surface area contributed by atoms with Gasteiger partial charge in [0.1, 0.15) is 6.61 Å². The maximum atomic E-state index is 12.5. The summed E-state index contributed by atoms with van der Waals surface area (Å²) in [5.74, 6) is 0.879. The number of nitrogens with zero attached hydrogens (tertiary/aromatic N) is 1. The zero-order valence-corrected chi connectivity index (χ0v) is 15.4. The van der Waals surface area contributed by atoms with Gasteiger partial charge in [-0.05, 0) is 35.9 Å². The number of hydrazine groups is 1. The molecule has 0 radical (unpaired) electrons. The van der Waals surface area contributed by atoms with Crippen molar-refractivity contribution in [3.63, 3.8) is 0 Å². The molecular formula is C22H22N2O3. The van der Waals surface area contributed by atoms with Gasteiger partial charge in [-0.1, -0.05) is 48.5 Å². The summed E-state index contributed by atoms with van der Waals surface area (Å²) in [4.78, 5) is 12.5. The molecule has 0 fully saturated rings. The molecule has 3 rings (SSSR count). The van der Waals surface area contributed by atoms with E-state index in [1.165, 1.54) is 0 Å². The first-order valence-electron chi connectivity index (χ1n) is 8.62. The Kier molecular flexibility index (Phi) is 5.94. The molecule has 0 aliphatic rings. The summed E-state index contributed by atoms with van der Waals surface area (Å²) in [7, 11) is 3.35. The first kappa shape index (κ1) is 18.3. The minimum absolute atomic E-state index is 0.228. The standard InChI is InChI=1S/C22H22N2O3/c1-24(19-11-7-4-8-12-19)23-22(25)18-13-14-20(21(15-18)26-2)27-16-17-9-5-3-6-10-17/h3-15H,16H2,1-2H3,(H,23,25). The van der Waals surface area contributed by atoms with Gasteiger partial charge in [-0.3, -0.25) is 15.2 Å². The predicted molar refractivity (Wildman–Crippen MR) is 106 cm³/mol. The quantitative estimate of drug-likeness (QED) is 0.644. The Hall–Kier alpha value is -3.47. The van der Waals surface area contributed by atoms with Crippen molar-refractivity contribution in [2.75, 3.05) is 19.2 Å². The van der Waals surface area contributed by atoms with Crippen LogP contribution in [0.3, 0.4) is 0 Å². The summed E-state index contributed by atoms with van der Waals surface area (Å²) in [6, 6.07) is 24.6. The number of carbonyl (C=O) groups excluding carboxylic acids is 1. The van der Waals surface area contributed by atoms with Crippen LogP contribution < -0.4 is 19.9 Å². The van der Waals surface area contributed by atoms with E-state index in [2.05, 4.69) is 5.43 Å². The largest absolute Gasteiger partial charge is 0.493 e. The third-order valence-corrected chi connectivity index (χ3v) is 4.08. The molecule has 138 valence electrons. The Morgan fingerprint density at radius 3 is 2.26 bits per heavy atom. The maximum absolute atomic E-state index is 12.5. The van der Waals surface area contributed by atoms with Gasteiger partial charge in [-0.25, -0.2) is 0 Å². The first-order valence-corrected chi connectivity index (χ1v) is 8.62. The number of ether oxygens (including phenoxy) is 2. The molecule has 5 heteroatoms. The van der Waals surface area contributed by atoms with Crippen LogP contribution in [0.1, 0.15) is 15.9 Å². The Morgan fingerprint density at radius 1 is 0.926 bits per heavy atom. The van der Waals surface area contributed by atoms with Crippen LogP contribution in [-0.4, -0.2) is 20.1 Å². The van der Waals surface area contributed by atoms with Gasteiger partial charge in [0.15, 0.2) is 11.5 Å². The molecular weight excluding hydrogens is 340 g/mol. The average Bonchev–Trinajstić information content (AvgIpc) is 2.73. The summed E-state index contributed by atoms with van der Waals surface area (Å²) < 4.78 is 11.2. The molecule has 0 saturated heterocycles. The maximum Gasteiger partial charge on any atom is 0.269 e. The van der Waals surface area contributed by atoms with Crippen molar-refractivity contribution in [1.29, 1.82) is 0 Å². The number of amides is 1. The number of nitrogens with one attached hydrogen (secondary N) is 1. The normalized spacial score (nSPS) is 10.1. The van der Waals surface area contributed by atoms with Crippen LogP contribution in [0.4, 0.5) is 5.69 Å². The molecule has 1 N–H and O–H groups in total. The number of hydrogen-bond donors (Lipinski definition) is 1. The predicted octanol–water partition coefficient (Wildman–Crippen LogP) is 4.06. The van der Waals surface area contributed by atoms with Crippen molar-refractivity contribution in [2.45, 2.75) is 6.61 Å². The van der Waals surface area contributed by atoms with Crippen molar-refractivity contribution < 1.29 is 14.3 Å². The van der Waals surface area contributed by atoms with Crippen LogP contribution in [-0.2, 0) is 6.61 Å². The number of para-hydroxylation sites is 1. The smallest absolute Gasteiger partial charge is 0.269 e. The molecule has 0 unspecified atom stereocenters. The fourth-order valence-electron chi connectivity index (χ4n) is 2.60. The summed E-state index contributed by atoms with van der Waals surface area (Å²) in [6.07, 6.45) is 0. The van der Waals surface area contributed by atoms with Crippen molar-refractivity contribution in [1.82, 2.24) is 5.43 Å². The SMILES string of the molecule is COc1cc(C(=O)NN(C)c2ccccc2)ccc1OCc1ccccc1. The number of carbonyl (C=O) groups is 1. The molecule has 0 aromatic heterocycles. The Morgan fingerprint density at radius 2 is 1.59 bits per heavy atom. The Labute approximate surface area is 159 Å². The molecule has 0 bridgehead atoms. The van der Waals surface area contributed by atoms with E-state index in [-0.39, 0.29) is 5.91 Å². The molecule has 1 amide bonds. The zero-order chi connectivity index (χ0) is 19.1. The van der Waals surface area contributed by atoms with Crippen LogP contribution in [0.25, 0.3) is 0 Å². The van der Waals surface area contributed by atoms with E-state index in [0.717, 1.165) is 11.3 Å². The number of benzene rings is 3. The van der Waals surface area contributed by atoms with E-state index in [1.807, 2.05) is 60.7 Å². The van der Waals surface area contributed by atoms with Crippen LogP contribution in [0.5, 0.6) is 11.5 Å². The average molecular weight is 362 g/mol. The molecule has 5 nitrogen and oxygen atoms in total. The van der Waals surface area contributed by atoms with E-state index in [4.69, 9.17) is 9.47 Å². The highest BCUT2D eigenvalue weighted by atomic mass is 16.5. The molecule has 3 aromatic carbocycles. The lowest BCUT2D eigenvalue weighted by Crippen LogP contribution is -2.39. The van der Waals surface area contributed by atoms with E-state index in [0.29, 0.717) is 23.7 Å². The van der Waals surface area contributed by atoms with Gasteiger partial charge in [-0.15, -0.1) is 0 Å². The third-order valence-electron chi connectivity index (χ3n) is 4.08. The fraction of sp³-hybridized carbons (Fsp3) is 0.136. The second-order valence-corrected chi connectivity index (χ2v) is 5.98. The van der Waals surface area contributed by atoms with Crippen LogP contribution in [0.2, 0.25) is 0 Å². The van der Waals surface area contributed by atoms with E-state index in [9.17, 15) is 4.79 Å². The highest BCUT2D eigenvalue weighted by molar-refractivity contribution is 5.95.